The summed E-state index contributed by atoms with van der Waals surface area (Å²) in [4.78, 5) is 42.0. The number of nitrogens with zero attached hydrogens (tertiary/aromatic N) is 3. The van der Waals surface area contributed by atoms with E-state index in [0.29, 0.717) is 14.9 Å². The lowest BCUT2D eigenvalue weighted by Gasteiger charge is -2.46. The zero-order valence-corrected chi connectivity index (χ0v) is 18.4. The summed E-state index contributed by atoms with van der Waals surface area (Å²) < 4.78 is 2.31. The lowest BCUT2D eigenvalue weighted by Crippen LogP contribution is -2.63. The number of hydrogen-bond donors (Lipinski definition) is 3. The van der Waals surface area contributed by atoms with Crippen LogP contribution in [0.2, 0.25) is 0 Å². The fraction of sp³-hybridized carbons (Fsp3) is 0.350. The van der Waals surface area contributed by atoms with Crippen molar-refractivity contribution < 1.29 is 29.2 Å². The molecule has 31 heavy (non-hydrogen) atoms. The van der Waals surface area contributed by atoms with Gasteiger partial charge in [-0.25, -0.2) is 9.78 Å². The first-order valence-electron chi connectivity index (χ1n) is 9.58. The van der Waals surface area contributed by atoms with Crippen molar-refractivity contribution >= 4 is 40.9 Å². The van der Waals surface area contributed by atoms with Crippen molar-refractivity contribution in [3.63, 3.8) is 0 Å². The van der Waals surface area contributed by atoms with E-state index in [-0.39, 0.29) is 30.1 Å². The van der Waals surface area contributed by atoms with Gasteiger partial charge in [0.05, 0.1) is 29.3 Å². The molecule has 2 aliphatic rings. The summed E-state index contributed by atoms with van der Waals surface area (Å²) >= 11 is 2.61. The predicted molar refractivity (Wildman–Crippen MR) is 112 cm³/mol. The van der Waals surface area contributed by atoms with Crippen LogP contribution in [0.25, 0.3) is 11.3 Å². The first-order chi connectivity index (χ1) is 14.7. The summed E-state index contributed by atoms with van der Waals surface area (Å²) in [6.07, 6.45) is 2.67. The van der Waals surface area contributed by atoms with Gasteiger partial charge in [0.15, 0.2) is 16.7 Å². The Morgan fingerprint density at radius 2 is 2.19 bits per heavy atom. The molecule has 2 amide bonds. The van der Waals surface area contributed by atoms with E-state index in [4.69, 9.17) is 5.73 Å². The molecule has 2 aliphatic heterocycles. The maximum atomic E-state index is 12.5. The van der Waals surface area contributed by atoms with Crippen molar-refractivity contribution in [2.45, 2.75) is 36.9 Å². The average Bonchev–Trinajstić information content (AvgIpc) is 3.24. The third-order valence-corrected chi connectivity index (χ3v) is 7.71. The van der Waals surface area contributed by atoms with Crippen LogP contribution in [0.4, 0.5) is 0 Å². The van der Waals surface area contributed by atoms with Crippen LogP contribution < -0.4 is 10.3 Å². The second-order valence-corrected chi connectivity index (χ2v) is 9.75. The molecule has 162 valence electrons. The minimum Gasteiger partial charge on any atom is -0.477 e. The van der Waals surface area contributed by atoms with Crippen LogP contribution in [0.15, 0.2) is 44.8 Å². The highest BCUT2D eigenvalue weighted by Crippen LogP contribution is 2.52. The first kappa shape index (κ1) is 21.5. The van der Waals surface area contributed by atoms with Gasteiger partial charge >= 0.3 is 5.97 Å². The maximum Gasteiger partial charge on any atom is 0.353 e. The zero-order chi connectivity index (χ0) is 22.4. The fourth-order valence-electron chi connectivity index (χ4n) is 4.14. The molecule has 0 aromatic carbocycles. The van der Waals surface area contributed by atoms with E-state index < -0.39 is 23.9 Å². The number of nitrogens with two attached hydrogens (primary N) is 1. The van der Waals surface area contributed by atoms with E-state index in [1.807, 2.05) is 18.4 Å². The Morgan fingerprint density at radius 1 is 1.45 bits per heavy atom. The number of amides is 2. The third-order valence-electron chi connectivity index (χ3n) is 5.48. The number of carboxylic acids is 1. The molecule has 0 unspecified atom stereocenters. The van der Waals surface area contributed by atoms with Crippen molar-refractivity contribution in [2.75, 3.05) is 0 Å². The van der Waals surface area contributed by atoms with Gasteiger partial charge in [0.1, 0.15) is 5.70 Å². The molecule has 1 fully saturated rings. The van der Waals surface area contributed by atoms with Gasteiger partial charge < -0.3 is 20.8 Å². The van der Waals surface area contributed by atoms with E-state index in [1.165, 1.54) is 28.0 Å². The van der Waals surface area contributed by atoms with Crippen molar-refractivity contribution in [1.29, 1.82) is 0 Å². The number of primary amides is 1. The third kappa shape index (κ3) is 3.73. The van der Waals surface area contributed by atoms with Crippen molar-refractivity contribution in [3.05, 3.63) is 40.5 Å². The summed E-state index contributed by atoms with van der Waals surface area (Å²) in [5.74, 6) is -2.80. The van der Waals surface area contributed by atoms with Gasteiger partial charge in [0, 0.05) is 22.3 Å². The molecule has 2 aromatic rings. The van der Waals surface area contributed by atoms with Crippen molar-refractivity contribution in [2.24, 2.45) is 17.6 Å². The van der Waals surface area contributed by atoms with Gasteiger partial charge in [-0.2, -0.15) is 4.57 Å². The number of carbonyl (C=O) groups excluding carboxylic acids is 2. The van der Waals surface area contributed by atoms with Crippen LogP contribution in [-0.4, -0.2) is 50.0 Å². The van der Waals surface area contributed by atoms with E-state index in [0.717, 1.165) is 5.56 Å². The van der Waals surface area contributed by atoms with E-state index in [1.54, 1.807) is 30.0 Å². The normalized spacial score (nSPS) is 23.5. The van der Waals surface area contributed by atoms with Gasteiger partial charge in [-0.3, -0.25) is 9.59 Å². The number of pyridine rings is 1. The highest BCUT2D eigenvalue weighted by atomic mass is 32.2. The highest BCUT2D eigenvalue weighted by molar-refractivity contribution is 8.04. The number of hydrogen-bond acceptors (Lipinski definition) is 7. The predicted octanol–water partition coefficient (Wildman–Crippen LogP) is 0.829. The number of β-lactam (4-membered cyclic amide) rings is 1. The minimum atomic E-state index is -1.17. The second kappa shape index (κ2) is 8.06. The van der Waals surface area contributed by atoms with Gasteiger partial charge in [0.25, 0.3) is 5.91 Å². The Kier molecular flexibility index (Phi) is 5.58. The van der Waals surface area contributed by atoms with E-state index in [2.05, 4.69) is 4.98 Å². The highest BCUT2D eigenvalue weighted by Gasteiger charge is 2.60. The molecule has 0 spiro atoms. The molecule has 0 radical (unpaired) electrons. The molecule has 0 bridgehead atoms. The van der Waals surface area contributed by atoms with Gasteiger partial charge in [-0.15, -0.1) is 11.3 Å². The molecule has 4 atom stereocenters. The molecular weight excluding hydrogens is 440 g/mol. The summed E-state index contributed by atoms with van der Waals surface area (Å²) in [6, 6.07) is 3.29. The smallest absolute Gasteiger partial charge is 0.353 e. The monoisotopic (exact) mass is 461 g/mol. The molecule has 11 heteroatoms. The molecule has 4 heterocycles. The number of aliphatic hydroxyl groups is 1. The lowest BCUT2D eigenvalue weighted by atomic mass is 9.79. The molecule has 9 nitrogen and oxygen atoms in total. The second-order valence-electron chi connectivity index (χ2n) is 7.60. The molecule has 1 saturated heterocycles. The van der Waals surface area contributed by atoms with Crippen LogP contribution in [-0.2, 0) is 20.9 Å². The zero-order valence-electron chi connectivity index (χ0n) is 16.8. The number of fused-ring (bicyclic) bond motifs is 1. The summed E-state index contributed by atoms with van der Waals surface area (Å²) in [5.41, 5.74) is 6.71. The Bertz CT molecular complexity index is 1110. The number of aliphatic carboxylic acids is 1. The lowest BCUT2D eigenvalue weighted by molar-refractivity contribution is -0.683. The number of carbonyl (C=O) groups is 3. The number of aromatic nitrogens is 2. The number of carboxylic acid groups (broad SMARTS) is 1. The number of thiazole rings is 1. The van der Waals surface area contributed by atoms with Crippen LogP contribution in [0, 0.1) is 11.8 Å². The van der Waals surface area contributed by atoms with Gasteiger partial charge in [-0.1, -0.05) is 18.7 Å². The quantitative estimate of drug-likeness (QED) is 0.410. The van der Waals surface area contributed by atoms with E-state index in [9.17, 15) is 24.6 Å². The Labute approximate surface area is 186 Å². The van der Waals surface area contributed by atoms with Crippen LogP contribution in [0.1, 0.15) is 13.8 Å². The average molecular weight is 462 g/mol. The summed E-state index contributed by atoms with van der Waals surface area (Å²) in [7, 11) is 0. The Hall–Kier alpha value is -2.76. The first-order valence-corrected chi connectivity index (χ1v) is 11.3. The van der Waals surface area contributed by atoms with Gasteiger partial charge in [-0.05, 0) is 13.0 Å². The number of rotatable bonds is 7. The largest absolute Gasteiger partial charge is 0.477 e. The topological polar surface area (TPSA) is 138 Å². The fourth-order valence-corrected chi connectivity index (χ4v) is 6.24. The maximum absolute atomic E-state index is 12.5. The molecular formula is C20H21N4O5S2+. The molecule has 0 saturated carbocycles. The van der Waals surface area contributed by atoms with Gasteiger partial charge in [0.2, 0.25) is 12.5 Å². The van der Waals surface area contributed by atoms with Crippen LogP contribution in [0.5, 0.6) is 0 Å². The standard InChI is InChI=1S/C20H20N4O5S2/c1-9-15-14(10(2)25)18(27)24(15)16(19(28)29)17(9)31-20-22-12(8-30-20)11-4-3-5-23(6-11)7-13(21)26/h3-6,8-10,14-15,25H,7H2,1-2H3,(H2-,21,26,28,29)/p+1/t9-,10-,14-,15-/m1/s1. The molecule has 4 rings (SSSR count). The van der Waals surface area contributed by atoms with E-state index >= 15 is 0 Å². The number of thioether (sulfide) groups is 1. The van der Waals surface area contributed by atoms with Crippen LogP contribution in [0.3, 0.4) is 0 Å². The minimum absolute atomic E-state index is 0.0276. The SMILES string of the molecule is C[C@@H](O)[C@H]1C(=O)N2C(C(=O)O)=C(Sc3nc(-c4ccc[n+](CC(N)=O)c4)cs3)[C@H](C)[C@H]12. The van der Waals surface area contributed by atoms with Crippen molar-refractivity contribution in [3.8, 4) is 11.3 Å². The van der Waals surface area contributed by atoms with Crippen molar-refractivity contribution in [1.82, 2.24) is 9.88 Å². The summed E-state index contributed by atoms with van der Waals surface area (Å²) in [6.45, 7) is 3.48. The molecule has 2 aromatic heterocycles. The Balaban J connectivity index is 1.60. The Morgan fingerprint density at radius 3 is 2.84 bits per heavy atom. The molecule has 4 N–H and O–H groups in total. The molecule has 0 aliphatic carbocycles. The van der Waals surface area contributed by atoms with Crippen LogP contribution >= 0.6 is 23.1 Å². The summed E-state index contributed by atoms with van der Waals surface area (Å²) in [5, 5.41) is 21.6. The number of aliphatic hydroxyl groups excluding tert-OH is 1.